The van der Waals surface area contributed by atoms with Gasteiger partial charge in [-0.3, -0.25) is 4.31 Å². The quantitative estimate of drug-likeness (QED) is 0.623. The predicted molar refractivity (Wildman–Crippen MR) is 97.8 cm³/mol. The van der Waals surface area contributed by atoms with E-state index in [1.807, 2.05) is 32.9 Å². The number of benzene rings is 2. The Morgan fingerprint density at radius 2 is 1.84 bits per heavy atom. The SMILES string of the molecule is Cc1ccc(OC(=O)c2ccc3c(c2)C[C@@H](C)N3S(C)(=O)=O)cc1C. The largest absolute Gasteiger partial charge is 0.423 e. The summed E-state index contributed by atoms with van der Waals surface area (Å²) in [5.41, 5.74) is 4.08. The van der Waals surface area contributed by atoms with Gasteiger partial charge >= 0.3 is 5.97 Å². The summed E-state index contributed by atoms with van der Waals surface area (Å²) in [6.45, 7) is 5.81. The summed E-state index contributed by atoms with van der Waals surface area (Å²) in [7, 11) is -3.34. The molecule has 5 nitrogen and oxygen atoms in total. The number of rotatable bonds is 3. The van der Waals surface area contributed by atoms with Crippen molar-refractivity contribution in [3.63, 3.8) is 0 Å². The van der Waals surface area contributed by atoms with E-state index in [9.17, 15) is 13.2 Å². The Balaban J connectivity index is 1.86. The van der Waals surface area contributed by atoms with E-state index in [4.69, 9.17) is 4.74 Å². The first-order valence-corrected chi connectivity index (χ1v) is 9.93. The van der Waals surface area contributed by atoms with Crippen LogP contribution in [0.15, 0.2) is 36.4 Å². The van der Waals surface area contributed by atoms with Crippen molar-refractivity contribution in [3.8, 4) is 5.75 Å². The Morgan fingerprint density at radius 1 is 1.12 bits per heavy atom. The Bertz CT molecular complexity index is 950. The fraction of sp³-hybridized carbons (Fsp3) is 0.316. The number of carbonyl (C=O) groups is 1. The molecular weight excluding hydrogens is 338 g/mol. The molecule has 2 aromatic carbocycles. The van der Waals surface area contributed by atoms with Crippen molar-refractivity contribution in [1.29, 1.82) is 0 Å². The number of ether oxygens (including phenoxy) is 1. The van der Waals surface area contributed by atoms with Gasteiger partial charge in [0.2, 0.25) is 10.0 Å². The molecule has 1 heterocycles. The molecule has 0 unspecified atom stereocenters. The molecule has 0 amide bonds. The fourth-order valence-electron chi connectivity index (χ4n) is 3.18. The normalized spacial score (nSPS) is 16.6. The van der Waals surface area contributed by atoms with Crippen LogP contribution in [0.2, 0.25) is 0 Å². The van der Waals surface area contributed by atoms with E-state index < -0.39 is 16.0 Å². The van der Waals surface area contributed by atoms with Gasteiger partial charge in [0.15, 0.2) is 0 Å². The molecule has 1 atom stereocenters. The number of sulfonamides is 1. The monoisotopic (exact) mass is 359 g/mol. The van der Waals surface area contributed by atoms with Gasteiger partial charge in [0, 0.05) is 6.04 Å². The van der Waals surface area contributed by atoms with E-state index in [0.717, 1.165) is 16.7 Å². The summed E-state index contributed by atoms with van der Waals surface area (Å²) in [6.07, 6.45) is 1.77. The molecule has 0 spiro atoms. The highest BCUT2D eigenvalue weighted by Crippen LogP contribution is 2.34. The molecule has 1 aliphatic heterocycles. The highest BCUT2D eigenvalue weighted by Gasteiger charge is 2.32. The smallest absolute Gasteiger partial charge is 0.343 e. The first-order chi connectivity index (χ1) is 11.7. The molecule has 0 saturated heterocycles. The minimum Gasteiger partial charge on any atom is -0.423 e. The first-order valence-electron chi connectivity index (χ1n) is 8.08. The van der Waals surface area contributed by atoms with Crippen molar-refractivity contribution < 1.29 is 17.9 Å². The standard InChI is InChI=1S/C19H21NO4S/c1-12-5-7-17(9-13(12)2)24-19(21)15-6-8-18-16(11-15)10-14(3)20(18)25(4,22)23/h5-9,11,14H,10H2,1-4H3/t14-/m1/s1. The van der Waals surface area contributed by atoms with Gasteiger partial charge in [-0.2, -0.15) is 0 Å². The summed E-state index contributed by atoms with van der Waals surface area (Å²) in [5.74, 6) is 0.0521. The Kier molecular flexibility index (Phi) is 4.33. The van der Waals surface area contributed by atoms with Crippen LogP contribution < -0.4 is 9.04 Å². The van der Waals surface area contributed by atoms with Gasteiger partial charge in [0.1, 0.15) is 5.75 Å². The highest BCUT2D eigenvalue weighted by molar-refractivity contribution is 7.92. The molecule has 6 heteroatoms. The van der Waals surface area contributed by atoms with Crippen LogP contribution in [0, 0.1) is 13.8 Å². The number of nitrogens with zero attached hydrogens (tertiary/aromatic N) is 1. The maximum absolute atomic E-state index is 12.4. The summed E-state index contributed by atoms with van der Waals surface area (Å²) < 4.78 is 30.8. The van der Waals surface area contributed by atoms with Crippen LogP contribution in [0.4, 0.5) is 5.69 Å². The van der Waals surface area contributed by atoms with Gasteiger partial charge in [0.05, 0.1) is 17.5 Å². The van der Waals surface area contributed by atoms with Gasteiger partial charge < -0.3 is 4.74 Å². The number of carbonyl (C=O) groups excluding carboxylic acids is 1. The summed E-state index contributed by atoms with van der Waals surface area (Å²) in [4.78, 5) is 12.4. The molecule has 1 aliphatic rings. The molecule has 0 saturated carbocycles. The molecule has 2 aromatic rings. The molecule has 25 heavy (non-hydrogen) atoms. The Morgan fingerprint density at radius 3 is 2.48 bits per heavy atom. The zero-order valence-electron chi connectivity index (χ0n) is 14.7. The lowest BCUT2D eigenvalue weighted by Gasteiger charge is -2.21. The van der Waals surface area contributed by atoms with Gasteiger partial charge in [-0.25, -0.2) is 13.2 Å². The number of fused-ring (bicyclic) bond motifs is 1. The van der Waals surface area contributed by atoms with Crippen molar-refractivity contribution in [2.45, 2.75) is 33.2 Å². The Hall–Kier alpha value is -2.34. The van der Waals surface area contributed by atoms with Crippen LogP contribution in [0.25, 0.3) is 0 Å². The summed E-state index contributed by atoms with van der Waals surface area (Å²) >= 11 is 0. The second kappa shape index (κ2) is 6.19. The maximum atomic E-state index is 12.4. The lowest BCUT2D eigenvalue weighted by atomic mass is 10.1. The number of hydrogen-bond acceptors (Lipinski definition) is 4. The van der Waals surface area contributed by atoms with Crippen LogP contribution in [0.3, 0.4) is 0 Å². The maximum Gasteiger partial charge on any atom is 0.343 e. The number of anilines is 1. The molecule has 0 aliphatic carbocycles. The first kappa shape index (κ1) is 17.5. The number of esters is 1. The van der Waals surface area contributed by atoms with Gasteiger partial charge in [-0.15, -0.1) is 0 Å². The third-order valence-electron chi connectivity index (χ3n) is 4.51. The third-order valence-corrected chi connectivity index (χ3v) is 5.79. The van der Waals surface area contributed by atoms with Gasteiger partial charge in [-0.05, 0) is 74.2 Å². The molecule has 0 radical (unpaired) electrons. The average Bonchev–Trinajstić information content (AvgIpc) is 2.85. The van der Waals surface area contributed by atoms with Crippen LogP contribution in [0.1, 0.15) is 34.0 Å². The van der Waals surface area contributed by atoms with Crippen LogP contribution >= 0.6 is 0 Å². The lowest BCUT2D eigenvalue weighted by Crippen LogP contribution is -2.34. The fourth-order valence-corrected chi connectivity index (χ4v) is 4.44. The minimum atomic E-state index is -3.34. The highest BCUT2D eigenvalue weighted by atomic mass is 32.2. The summed E-state index contributed by atoms with van der Waals surface area (Å²) in [6, 6.07) is 10.4. The predicted octanol–water partition coefficient (Wildman–Crippen LogP) is 3.23. The lowest BCUT2D eigenvalue weighted by molar-refractivity contribution is 0.0734. The van der Waals surface area contributed by atoms with Gasteiger partial charge in [0.25, 0.3) is 0 Å². The van der Waals surface area contributed by atoms with Crippen LogP contribution in [0.5, 0.6) is 5.75 Å². The minimum absolute atomic E-state index is 0.156. The van der Waals surface area contributed by atoms with Gasteiger partial charge in [-0.1, -0.05) is 6.07 Å². The molecule has 3 rings (SSSR count). The zero-order valence-corrected chi connectivity index (χ0v) is 15.6. The van der Waals surface area contributed by atoms with E-state index in [0.29, 0.717) is 23.4 Å². The number of aryl methyl sites for hydroxylation is 2. The van der Waals surface area contributed by atoms with Crippen molar-refractivity contribution in [2.75, 3.05) is 10.6 Å². The zero-order chi connectivity index (χ0) is 18.4. The van der Waals surface area contributed by atoms with Crippen molar-refractivity contribution in [1.82, 2.24) is 0 Å². The van der Waals surface area contributed by atoms with Crippen molar-refractivity contribution in [2.24, 2.45) is 0 Å². The number of hydrogen-bond donors (Lipinski definition) is 0. The Labute approximate surface area is 148 Å². The van der Waals surface area contributed by atoms with E-state index in [1.54, 1.807) is 24.3 Å². The van der Waals surface area contributed by atoms with Crippen LogP contribution in [-0.4, -0.2) is 26.7 Å². The molecule has 0 aromatic heterocycles. The molecular formula is C19H21NO4S. The topological polar surface area (TPSA) is 63.7 Å². The average molecular weight is 359 g/mol. The summed E-state index contributed by atoms with van der Waals surface area (Å²) in [5, 5.41) is 0. The van der Waals surface area contributed by atoms with E-state index >= 15 is 0 Å². The van der Waals surface area contributed by atoms with Crippen LogP contribution in [-0.2, 0) is 16.4 Å². The van der Waals surface area contributed by atoms with Crippen molar-refractivity contribution >= 4 is 21.7 Å². The molecule has 0 fully saturated rings. The second-order valence-electron chi connectivity index (χ2n) is 6.59. The molecule has 0 bridgehead atoms. The van der Waals surface area contributed by atoms with E-state index in [-0.39, 0.29) is 6.04 Å². The van der Waals surface area contributed by atoms with E-state index in [1.165, 1.54) is 10.6 Å². The molecule has 0 N–H and O–H groups in total. The van der Waals surface area contributed by atoms with Crippen molar-refractivity contribution in [3.05, 3.63) is 58.7 Å². The second-order valence-corrected chi connectivity index (χ2v) is 8.45. The third kappa shape index (κ3) is 3.39. The molecule has 132 valence electrons. The van der Waals surface area contributed by atoms with E-state index in [2.05, 4.69) is 0 Å².